The molecule has 182 valence electrons. The van der Waals surface area contributed by atoms with Gasteiger partial charge in [0, 0.05) is 0 Å². The van der Waals surface area contributed by atoms with Crippen LogP contribution >= 0.6 is 0 Å². The van der Waals surface area contributed by atoms with Crippen LogP contribution < -0.4 is 0 Å². The molecule has 3 aromatic carbocycles. The molecule has 0 bridgehead atoms. The van der Waals surface area contributed by atoms with Crippen LogP contribution in [0.25, 0.3) is 0 Å². The number of phenolic OH excluding ortho intramolecular Hbond substituents is 3. The normalized spacial score (nSPS) is 12.0. The zero-order valence-corrected chi connectivity index (χ0v) is 21.0. The Morgan fingerprint density at radius 2 is 0.829 bits per heavy atom. The summed E-state index contributed by atoms with van der Waals surface area (Å²) in [7, 11) is 0. The third-order valence-electron chi connectivity index (χ3n) is 6.24. The summed E-state index contributed by atoms with van der Waals surface area (Å²) in [5, 5.41) is 28.7. The van der Waals surface area contributed by atoms with E-state index in [1.807, 2.05) is 36.4 Å². The summed E-state index contributed by atoms with van der Waals surface area (Å²) in [4.78, 5) is 0. The van der Waals surface area contributed by atoms with E-state index in [1.54, 1.807) is 36.4 Å². The number of aromatic hydroxyl groups is 3. The summed E-state index contributed by atoms with van der Waals surface area (Å²) in [6.45, 7) is 6.52. The molecule has 0 aliphatic heterocycles. The molecule has 0 heterocycles. The van der Waals surface area contributed by atoms with Gasteiger partial charge in [0.25, 0.3) is 0 Å². The highest BCUT2D eigenvalue weighted by atomic mass is 16.3. The fraction of sp³-hybridized carbons (Fsp3) is 0.250. The maximum absolute atomic E-state index is 9.61. The summed E-state index contributed by atoms with van der Waals surface area (Å²) in [5.41, 5.74) is 8.91. The van der Waals surface area contributed by atoms with Crippen LogP contribution in [0.3, 0.4) is 0 Å². The molecule has 3 rings (SSSR count). The second-order valence-electron chi connectivity index (χ2n) is 9.42. The second kappa shape index (κ2) is 12.7. The van der Waals surface area contributed by atoms with Crippen LogP contribution in [0.4, 0.5) is 0 Å². The van der Waals surface area contributed by atoms with Crippen molar-refractivity contribution < 1.29 is 15.3 Å². The van der Waals surface area contributed by atoms with Crippen molar-refractivity contribution in [3.05, 3.63) is 124 Å². The number of hydrogen-bond donors (Lipinski definition) is 3. The molecule has 0 saturated heterocycles. The zero-order chi connectivity index (χ0) is 25.2. The van der Waals surface area contributed by atoms with Gasteiger partial charge >= 0.3 is 0 Å². The van der Waals surface area contributed by atoms with Crippen molar-refractivity contribution >= 4 is 0 Å². The molecule has 3 aromatic rings. The molecule has 0 unspecified atom stereocenters. The molecule has 0 radical (unpaired) electrons. The summed E-state index contributed by atoms with van der Waals surface area (Å²) in [6.07, 6.45) is 8.97. The third kappa shape index (κ3) is 8.86. The lowest BCUT2D eigenvalue weighted by molar-refractivity contribution is 0.474. The van der Waals surface area contributed by atoms with E-state index < -0.39 is 0 Å². The van der Waals surface area contributed by atoms with Crippen LogP contribution in [0.1, 0.15) is 50.3 Å². The van der Waals surface area contributed by atoms with Crippen molar-refractivity contribution in [3.8, 4) is 17.2 Å². The van der Waals surface area contributed by atoms with E-state index in [2.05, 4.69) is 32.9 Å². The first kappa shape index (κ1) is 25.9. The van der Waals surface area contributed by atoms with E-state index in [0.29, 0.717) is 11.5 Å². The molecule has 3 heteroatoms. The van der Waals surface area contributed by atoms with E-state index >= 15 is 0 Å². The van der Waals surface area contributed by atoms with Crippen molar-refractivity contribution in [2.24, 2.45) is 0 Å². The van der Waals surface area contributed by atoms with Crippen LogP contribution in [-0.4, -0.2) is 15.3 Å². The van der Waals surface area contributed by atoms with Gasteiger partial charge in [0.05, 0.1) is 0 Å². The fourth-order valence-electron chi connectivity index (χ4n) is 4.09. The summed E-state index contributed by atoms with van der Waals surface area (Å²) in [5.74, 6) is 0.871. The summed E-state index contributed by atoms with van der Waals surface area (Å²) in [6, 6.07) is 22.2. The molecule has 35 heavy (non-hydrogen) atoms. The smallest absolute Gasteiger partial charge is 0.115 e. The predicted molar refractivity (Wildman–Crippen MR) is 145 cm³/mol. The summed E-state index contributed by atoms with van der Waals surface area (Å²) < 4.78 is 0. The van der Waals surface area contributed by atoms with Gasteiger partial charge < -0.3 is 15.3 Å². The van der Waals surface area contributed by atoms with Gasteiger partial charge in [-0.15, -0.1) is 0 Å². The highest BCUT2D eigenvalue weighted by Crippen LogP contribution is 2.23. The first-order valence-electron chi connectivity index (χ1n) is 12.1. The van der Waals surface area contributed by atoms with E-state index in [9.17, 15) is 15.3 Å². The van der Waals surface area contributed by atoms with Gasteiger partial charge in [-0.25, -0.2) is 0 Å². The van der Waals surface area contributed by atoms with Crippen LogP contribution in [0.5, 0.6) is 17.2 Å². The first-order valence-corrected chi connectivity index (χ1v) is 12.1. The van der Waals surface area contributed by atoms with Crippen LogP contribution in [0.15, 0.2) is 107 Å². The topological polar surface area (TPSA) is 60.7 Å². The Morgan fingerprint density at radius 3 is 1.17 bits per heavy atom. The fourth-order valence-corrected chi connectivity index (χ4v) is 4.09. The molecule has 0 aliphatic rings. The van der Waals surface area contributed by atoms with Gasteiger partial charge in [0.2, 0.25) is 0 Å². The van der Waals surface area contributed by atoms with Gasteiger partial charge in [0.15, 0.2) is 0 Å². The minimum Gasteiger partial charge on any atom is -0.508 e. The lowest BCUT2D eigenvalue weighted by Crippen LogP contribution is -1.95. The molecular weight excluding hydrogens is 432 g/mol. The molecule has 0 atom stereocenters. The molecule has 0 fully saturated rings. The number of allylic oxidation sites excluding steroid dienone is 6. The second-order valence-corrected chi connectivity index (χ2v) is 9.42. The minimum atomic E-state index is 0.288. The van der Waals surface area contributed by atoms with Crippen molar-refractivity contribution in [1.82, 2.24) is 0 Å². The van der Waals surface area contributed by atoms with E-state index in [-0.39, 0.29) is 5.75 Å². The largest absolute Gasteiger partial charge is 0.508 e. The molecule has 0 saturated carbocycles. The van der Waals surface area contributed by atoms with Gasteiger partial charge in [-0.2, -0.15) is 0 Å². The van der Waals surface area contributed by atoms with Gasteiger partial charge in [-0.1, -0.05) is 70.8 Å². The highest BCUT2D eigenvalue weighted by molar-refractivity contribution is 5.33. The van der Waals surface area contributed by atoms with Crippen LogP contribution in [0.2, 0.25) is 0 Å². The summed E-state index contributed by atoms with van der Waals surface area (Å²) >= 11 is 0. The van der Waals surface area contributed by atoms with Crippen LogP contribution in [0, 0.1) is 0 Å². The Balaban J connectivity index is 1.75. The zero-order valence-electron chi connectivity index (χ0n) is 21.0. The lowest BCUT2D eigenvalue weighted by Gasteiger charge is -2.12. The molecule has 0 aliphatic carbocycles. The maximum atomic E-state index is 9.61. The van der Waals surface area contributed by atoms with Crippen LogP contribution in [-0.2, 0) is 19.3 Å². The number of hydrogen-bond acceptors (Lipinski definition) is 3. The van der Waals surface area contributed by atoms with Crippen molar-refractivity contribution in [3.63, 3.8) is 0 Å². The van der Waals surface area contributed by atoms with Crippen molar-refractivity contribution in [2.45, 2.75) is 52.9 Å². The highest BCUT2D eigenvalue weighted by Gasteiger charge is 2.05. The minimum absolute atomic E-state index is 0.288. The van der Waals surface area contributed by atoms with Gasteiger partial charge in [-0.05, 0) is 106 Å². The quantitative estimate of drug-likeness (QED) is 0.266. The molecule has 0 spiro atoms. The average Bonchev–Trinajstić information content (AvgIpc) is 2.83. The predicted octanol–water partition coefficient (Wildman–Crippen LogP) is 7.82. The van der Waals surface area contributed by atoms with Crippen molar-refractivity contribution in [2.75, 3.05) is 0 Å². The number of benzene rings is 3. The Bertz CT molecular complexity index is 1110. The van der Waals surface area contributed by atoms with E-state index in [0.717, 1.165) is 32.1 Å². The van der Waals surface area contributed by atoms with Gasteiger partial charge in [-0.3, -0.25) is 0 Å². The SMILES string of the molecule is CC(=CCC(CC=C(C)Cc1ccc(O)cc1)=C(C)Cc1ccc(O)cc1)Cc1ccc(O)cc1. The first-order chi connectivity index (χ1) is 16.8. The third-order valence-corrected chi connectivity index (χ3v) is 6.24. The molecule has 3 nitrogen and oxygen atoms in total. The van der Waals surface area contributed by atoms with E-state index in [1.165, 1.54) is 39.0 Å². The number of phenols is 3. The lowest BCUT2D eigenvalue weighted by atomic mass is 9.94. The Labute approximate surface area is 209 Å². The van der Waals surface area contributed by atoms with Crippen molar-refractivity contribution in [1.29, 1.82) is 0 Å². The molecule has 0 amide bonds. The average molecular weight is 469 g/mol. The maximum Gasteiger partial charge on any atom is 0.115 e. The monoisotopic (exact) mass is 468 g/mol. The molecule has 0 aromatic heterocycles. The Morgan fingerprint density at radius 1 is 0.514 bits per heavy atom. The standard InChI is InChI=1S/C32H36O3/c1-23(20-26-6-14-30(33)15-7-26)4-12-29(25(3)22-28-10-18-32(35)19-11-28)13-5-24(2)21-27-8-16-31(34)17-9-27/h4-11,14-19,33-35H,12-13,20-22H2,1-3H3. The Kier molecular flexibility index (Phi) is 9.37. The van der Waals surface area contributed by atoms with E-state index in [4.69, 9.17) is 0 Å². The number of rotatable bonds is 10. The van der Waals surface area contributed by atoms with Gasteiger partial charge in [0.1, 0.15) is 17.2 Å². The molecule has 3 N–H and O–H groups in total. The Hall–Kier alpha value is -3.72. The molecular formula is C32H36O3.